The van der Waals surface area contributed by atoms with Crippen molar-refractivity contribution in [2.75, 3.05) is 0 Å². The Kier molecular flexibility index (Phi) is 3.21. The van der Waals surface area contributed by atoms with E-state index >= 15 is 0 Å². The van der Waals surface area contributed by atoms with Crippen LogP contribution < -0.4 is 5.56 Å². The Labute approximate surface area is 133 Å². The van der Waals surface area contributed by atoms with Gasteiger partial charge in [-0.3, -0.25) is 4.79 Å². The van der Waals surface area contributed by atoms with Crippen molar-refractivity contribution in [2.45, 2.75) is 19.3 Å². The van der Waals surface area contributed by atoms with E-state index in [2.05, 4.69) is 9.97 Å². The van der Waals surface area contributed by atoms with Crippen LogP contribution in [0.4, 0.5) is 0 Å². The molecule has 3 aromatic heterocycles. The highest BCUT2D eigenvalue weighted by Crippen LogP contribution is 2.35. The molecule has 106 valence electrons. The van der Waals surface area contributed by atoms with Gasteiger partial charge < -0.3 is 4.98 Å². The Hall–Kier alpha value is -1.43. The van der Waals surface area contributed by atoms with E-state index in [4.69, 9.17) is 11.6 Å². The van der Waals surface area contributed by atoms with Gasteiger partial charge in [-0.1, -0.05) is 11.6 Å². The first-order chi connectivity index (χ1) is 10.2. The fraction of sp³-hybridized carbons (Fsp3) is 0.200. The molecule has 0 radical (unpaired) electrons. The lowest BCUT2D eigenvalue weighted by Crippen LogP contribution is -2.10. The van der Waals surface area contributed by atoms with Crippen LogP contribution in [-0.4, -0.2) is 9.97 Å². The van der Waals surface area contributed by atoms with Gasteiger partial charge in [0.2, 0.25) is 0 Å². The van der Waals surface area contributed by atoms with Gasteiger partial charge in [-0.25, -0.2) is 4.98 Å². The number of rotatable bonds is 2. The summed E-state index contributed by atoms with van der Waals surface area (Å²) in [5.74, 6) is 0.445. The molecular formula is C15H11ClN2OS2. The number of thiophene rings is 2. The third-order valence-corrected chi connectivity index (χ3v) is 5.81. The second-order valence-electron chi connectivity index (χ2n) is 5.00. The summed E-state index contributed by atoms with van der Waals surface area (Å²) in [6.45, 7) is 0. The third-order valence-electron chi connectivity index (χ3n) is 3.64. The molecule has 0 bridgehead atoms. The molecule has 6 heteroatoms. The van der Waals surface area contributed by atoms with Crippen molar-refractivity contribution in [2.24, 2.45) is 0 Å². The van der Waals surface area contributed by atoms with Crippen LogP contribution in [0.25, 0.3) is 21.3 Å². The average Bonchev–Trinajstić information content (AvgIpc) is 3.13. The first-order valence-corrected chi connectivity index (χ1v) is 8.80. The Morgan fingerprint density at radius 2 is 2.33 bits per heavy atom. The van der Waals surface area contributed by atoms with E-state index in [1.165, 1.54) is 10.4 Å². The first kappa shape index (κ1) is 13.2. The van der Waals surface area contributed by atoms with E-state index in [1.807, 2.05) is 22.9 Å². The van der Waals surface area contributed by atoms with Crippen LogP contribution in [0.5, 0.6) is 0 Å². The average molecular weight is 335 g/mol. The molecule has 1 aliphatic rings. The van der Waals surface area contributed by atoms with Crippen LogP contribution >= 0.6 is 34.3 Å². The minimum Gasteiger partial charge on any atom is -0.305 e. The second-order valence-corrected chi connectivity index (χ2v) is 7.27. The standard InChI is InChI=1S/C15H11ClN2OS2/c16-10(6-8-4-5-20-7-8)13-17-14(19)12-9-2-1-3-11(9)21-15(12)18-13/h4-7H,1-3H2,(H,17,18,19)/b10-6-. The molecule has 0 spiro atoms. The third kappa shape index (κ3) is 2.25. The molecule has 0 saturated carbocycles. The summed E-state index contributed by atoms with van der Waals surface area (Å²) in [7, 11) is 0. The number of hydrogen-bond acceptors (Lipinski definition) is 4. The van der Waals surface area contributed by atoms with Crippen LogP contribution in [0.1, 0.15) is 28.2 Å². The Bertz CT molecular complexity index is 906. The molecule has 0 aliphatic heterocycles. The topological polar surface area (TPSA) is 45.8 Å². The number of nitrogens with one attached hydrogen (secondary N) is 1. The summed E-state index contributed by atoms with van der Waals surface area (Å²) in [5.41, 5.74) is 2.13. The maximum Gasteiger partial charge on any atom is 0.260 e. The van der Waals surface area contributed by atoms with Gasteiger partial charge in [-0.2, -0.15) is 11.3 Å². The maximum atomic E-state index is 12.4. The monoisotopic (exact) mass is 334 g/mol. The van der Waals surface area contributed by atoms with Crippen molar-refractivity contribution in [3.63, 3.8) is 0 Å². The SMILES string of the molecule is O=c1[nH]c(/C(Cl)=C/c2ccsc2)nc2sc3c(c12)CCC3. The number of halogens is 1. The molecule has 0 saturated heterocycles. The van der Waals surface area contributed by atoms with Crippen molar-refractivity contribution in [1.29, 1.82) is 0 Å². The Balaban J connectivity index is 1.86. The van der Waals surface area contributed by atoms with Crippen molar-refractivity contribution in [1.82, 2.24) is 9.97 Å². The van der Waals surface area contributed by atoms with Gasteiger partial charge >= 0.3 is 0 Å². The fourth-order valence-electron chi connectivity index (χ4n) is 2.69. The molecular weight excluding hydrogens is 324 g/mol. The Morgan fingerprint density at radius 1 is 1.43 bits per heavy atom. The minimum atomic E-state index is -0.0775. The second kappa shape index (κ2) is 5.09. The van der Waals surface area contributed by atoms with E-state index in [-0.39, 0.29) is 5.56 Å². The molecule has 4 rings (SSSR count). The summed E-state index contributed by atoms with van der Waals surface area (Å²) in [6.07, 6.45) is 5.00. The van der Waals surface area contributed by atoms with Gasteiger partial charge in [-0.05, 0) is 53.3 Å². The van der Waals surface area contributed by atoms with Gasteiger partial charge in [0.05, 0.1) is 10.4 Å². The van der Waals surface area contributed by atoms with Crippen LogP contribution in [0.3, 0.4) is 0 Å². The lowest BCUT2D eigenvalue weighted by atomic mass is 10.2. The van der Waals surface area contributed by atoms with E-state index in [0.717, 1.165) is 35.0 Å². The zero-order chi connectivity index (χ0) is 14.4. The van der Waals surface area contributed by atoms with Gasteiger partial charge in [0.25, 0.3) is 5.56 Å². The van der Waals surface area contributed by atoms with Gasteiger partial charge in [0.15, 0.2) is 5.82 Å². The van der Waals surface area contributed by atoms with Crippen LogP contribution in [-0.2, 0) is 12.8 Å². The molecule has 0 fully saturated rings. The highest BCUT2D eigenvalue weighted by molar-refractivity contribution is 7.18. The summed E-state index contributed by atoms with van der Waals surface area (Å²) in [6, 6.07) is 1.98. The summed E-state index contributed by atoms with van der Waals surface area (Å²) < 4.78 is 0. The number of hydrogen-bond donors (Lipinski definition) is 1. The normalized spacial score (nSPS) is 14.8. The predicted octanol–water partition coefficient (Wildman–Crippen LogP) is 4.27. The molecule has 0 amide bonds. The van der Waals surface area contributed by atoms with Gasteiger partial charge in [0.1, 0.15) is 4.83 Å². The van der Waals surface area contributed by atoms with Crippen molar-refractivity contribution in [3.05, 3.63) is 49.0 Å². The van der Waals surface area contributed by atoms with E-state index < -0.39 is 0 Å². The molecule has 1 N–H and O–H groups in total. The molecule has 0 unspecified atom stereocenters. The van der Waals surface area contributed by atoms with Crippen LogP contribution in [0.15, 0.2) is 21.6 Å². The largest absolute Gasteiger partial charge is 0.305 e. The predicted molar refractivity (Wildman–Crippen MR) is 90.3 cm³/mol. The number of aromatic nitrogens is 2. The minimum absolute atomic E-state index is 0.0775. The fourth-order valence-corrected chi connectivity index (χ4v) is 4.78. The highest BCUT2D eigenvalue weighted by Gasteiger charge is 2.21. The van der Waals surface area contributed by atoms with Crippen molar-refractivity contribution in [3.8, 4) is 0 Å². The smallest absolute Gasteiger partial charge is 0.260 e. The lowest BCUT2D eigenvalue weighted by molar-refractivity contribution is 0.916. The summed E-state index contributed by atoms with van der Waals surface area (Å²) in [5, 5.41) is 5.20. The van der Waals surface area contributed by atoms with Gasteiger partial charge in [0, 0.05) is 4.88 Å². The van der Waals surface area contributed by atoms with E-state index in [1.54, 1.807) is 22.7 Å². The lowest BCUT2D eigenvalue weighted by Gasteiger charge is -2.00. The maximum absolute atomic E-state index is 12.4. The molecule has 0 atom stereocenters. The molecule has 3 aromatic rings. The molecule has 3 nitrogen and oxygen atoms in total. The summed E-state index contributed by atoms with van der Waals surface area (Å²) in [4.78, 5) is 21.8. The number of fused-ring (bicyclic) bond motifs is 3. The van der Waals surface area contributed by atoms with E-state index in [9.17, 15) is 4.79 Å². The quantitative estimate of drug-likeness (QED) is 0.760. The number of aryl methyl sites for hydroxylation is 2. The number of aromatic amines is 1. The summed E-state index contributed by atoms with van der Waals surface area (Å²) >= 11 is 9.53. The van der Waals surface area contributed by atoms with Crippen LogP contribution in [0, 0.1) is 0 Å². The number of H-pyrrole nitrogens is 1. The molecule has 3 heterocycles. The Morgan fingerprint density at radius 3 is 3.14 bits per heavy atom. The number of nitrogens with zero attached hydrogens (tertiary/aromatic N) is 1. The zero-order valence-electron chi connectivity index (χ0n) is 11.0. The van der Waals surface area contributed by atoms with Crippen molar-refractivity contribution < 1.29 is 0 Å². The van der Waals surface area contributed by atoms with Crippen molar-refractivity contribution >= 4 is 55.6 Å². The molecule has 21 heavy (non-hydrogen) atoms. The molecule has 0 aromatic carbocycles. The first-order valence-electron chi connectivity index (χ1n) is 6.67. The van der Waals surface area contributed by atoms with Crippen LogP contribution in [0.2, 0.25) is 0 Å². The van der Waals surface area contributed by atoms with Gasteiger partial charge in [-0.15, -0.1) is 11.3 Å². The highest BCUT2D eigenvalue weighted by atomic mass is 35.5. The molecule has 1 aliphatic carbocycles. The van der Waals surface area contributed by atoms with E-state index in [0.29, 0.717) is 10.9 Å². The zero-order valence-corrected chi connectivity index (χ0v) is 13.4.